The average molecular weight is 225 g/mol. The van der Waals surface area contributed by atoms with Gasteiger partial charge in [0.1, 0.15) is 0 Å². The monoisotopic (exact) mass is 224 g/mol. The summed E-state index contributed by atoms with van der Waals surface area (Å²) in [6.45, 7) is 2.13. The topological polar surface area (TPSA) is 62.0 Å². The van der Waals surface area contributed by atoms with Crippen molar-refractivity contribution < 1.29 is 5.11 Å². The summed E-state index contributed by atoms with van der Waals surface area (Å²) in [5, 5.41) is 11.4. The molecule has 0 bridgehead atoms. The molecule has 0 aliphatic carbocycles. The summed E-state index contributed by atoms with van der Waals surface area (Å²) in [5.41, 5.74) is 8.21. The van der Waals surface area contributed by atoms with Crippen molar-refractivity contribution in [3.05, 3.63) is 34.5 Å². The Morgan fingerprint density at radius 2 is 2.27 bits per heavy atom. The summed E-state index contributed by atoms with van der Waals surface area (Å²) < 4.78 is 0. The van der Waals surface area contributed by atoms with Crippen molar-refractivity contribution in [2.75, 3.05) is 6.54 Å². The van der Waals surface area contributed by atoms with E-state index in [1.165, 1.54) is 0 Å². The number of hydrogen-bond acceptors (Lipinski definition) is 2. The molecule has 0 amide bonds. The highest BCUT2D eigenvalue weighted by molar-refractivity contribution is 6.31. The zero-order valence-electron chi connectivity index (χ0n) is 8.42. The largest absolute Gasteiger partial charge is 0.387 e. The standard InChI is InChI=1S/C11H13ClN2O/c1-6-11(10(15)5-13)8-4-7(12)2-3-9(8)14-6/h2-4,10,14-15H,5,13H2,1H3. The van der Waals surface area contributed by atoms with E-state index in [4.69, 9.17) is 17.3 Å². The van der Waals surface area contributed by atoms with Crippen LogP contribution in [-0.4, -0.2) is 16.6 Å². The van der Waals surface area contributed by atoms with E-state index >= 15 is 0 Å². The quantitative estimate of drug-likeness (QED) is 0.732. The van der Waals surface area contributed by atoms with Crippen molar-refractivity contribution in [1.82, 2.24) is 4.98 Å². The Morgan fingerprint density at radius 1 is 1.53 bits per heavy atom. The zero-order valence-corrected chi connectivity index (χ0v) is 9.17. The van der Waals surface area contributed by atoms with E-state index in [2.05, 4.69) is 4.98 Å². The molecule has 1 heterocycles. The number of aliphatic hydroxyl groups excluding tert-OH is 1. The number of benzene rings is 1. The first-order valence-electron chi connectivity index (χ1n) is 4.79. The molecule has 4 N–H and O–H groups in total. The minimum atomic E-state index is -0.641. The Balaban J connectivity index is 2.70. The third kappa shape index (κ3) is 1.74. The minimum absolute atomic E-state index is 0.209. The third-order valence-corrected chi connectivity index (χ3v) is 2.79. The van der Waals surface area contributed by atoms with Crippen molar-refractivity contribution >= 4 is 22.5 Å². The van der Waals surface area contributed by atoms with Crippen molar-refractivity contribution in [3.63, 3.8) is 0 Å². The van der Waals surface area contributed by atoms with Gasteiger partial charge < -0.3 is 15.8 Å². The number of aliphatic hydroxyl groups is 1. The lowest BCUT2D eigenvalue weighted by atomic mass is 10.1. The SMILES string of the molecule is Cc1[nH]c2ccc(Cl)cc2c1C(O)CN. The fraction of sp³-hybridized carbons (Fsp3) is 0.273. The summed E-state index contributed by atoms with van der Waals surface area (Å²) >= 11 is 5.92. The van der Waals surface area contributed by atoms with Crippen LogP contribution in [0.3, 0.4) is 0 Å². The second-order valence-electron chi connectivity index (χ2n) is 3.61. The number of nitrogens with one attached hydrogen (secondary N) is 1. The Labute approximate surface area is 92.9 Å². The maximum absolute atomic E-state index is 9.80. The molecule has 4 heteroatoms. The van der Waals surface area contributed by atoms with E-state index in [0.717, 1.165) is 22.2 Å². The van der Waals surface area contributed by atoms with Gasteiger partial charge in [0, 0.05) is 33.7 Å². The Hall–Kier alpha value is -1.03. The number of aromatic amines is 1. The smallest absolute Gasteiger partial charge is 0.0935 e. The Kier molecular flexibility index (Phi) is 2.69. The molecule has 1 aromatic carbocycles. The number of aromatic nitrogens is 1. The number of nitrogens with two attached hydrogens (primary N) is 1. The van der Waals surface area contributed by atoms with Crippen molar-refractivity contribution in [1.29, 1.82) is 0 Å². The van der Waals surface area contributed by atoms with Crippen LogP contribution >= 0.6 is 11.6 Å². The summed E-state index contributed by atoms with van der Waals surface area (Å²) in [5.74, 6) is 0. The van der Waals surface area contributed by atoms with Gasteiger partial charge in [-0.3, -0.25) is 0 Å². The van der Waals surface area contributed by atoms with E-state index in [9.17, 15) is 5.11 Å². The lowest BCUT2D eigenvalue weighted by molar-refractivity contribution is 0.187. The molecular formula is C11H13ClN2O. The molecule has 0 fully saturated rings. The van der Waals surface area contributed by atoms with Gasteiger partial charge in [0.05, 0.1) is 6.10 Å². The lowest BCUT2D eigenvalue weighted by Gasteiger charge is -2.07. The van der Waals surface area contributed by atoms with Crippen molar-refractivity contribution in [2.24, 2.45) is 5.73 Å². The van der Waals surface area contributed by atoms with Crippen LogP contribution in [0.4, 0.5) is 0 Å². The van der Waals surface area contributed by atoms with E-state index in [1.54, 1.807) is 0 Å². The van der Waals surface area contributed by atoms with Gasteiger partial charge in [-0.25, -0.2) is 0 Å². The Bertz CT molecular complexity index is 493. The highest BCUT2D eigenvalue weighted by Crippen LogP contribution is 2.29. The molecule has 0 spiro atoms. The second kappa shape index (κ2) is 3.85. The first kappa shape index (κ1) is 10.5. The van der Waals surface area contributed by atoms with Gasteiger partial charge in [0.15, 0.2) is 0 Å². The average Bonchev–Trinajstić information content (AvgIpc) is 2.52. The maximum Gasteiger partial charge on any atom is 0.0935 e. The molecule has 0 aliphatic heterocycles. The van der Waals surface area contributed by atoms with Gasteiger partial charge >= 0.3 is 0 Å². The predicted octanol–water partition coefficient (Wildman–Crippen LogP) is 2.12. The van der Waals surface area contributed by atoms with Gasteiger partial charge in [-0.05, 0) is 25.1 Å². The summed E-state index contributed by atoms with van der Waals surface area (Å²) in [6.07, 6.45) is -0.641. The zero-order chi connectivity index (χ0) is 11.0. The highest BCUT2D eigenvalue weighted by Gasteiger charge is 2.15. The first-order chi connectivity index (χ1) is 7.13. The van der Waals surface area contributed by atoms with Gasteiger partial charge in [0.2, 0.25) is 0 Å². The Morgan fingerprint density at radius 3 is 2.93 bits per heavy atom. The summed E-state index contributed by atoms with van der Waals surface area (Å²) in [4.78, 5) is 3.20. The molecule has 0 aliphatic rings. The summed E-state index contributed by atoms with van der Waals surface area (Å²) in [6, 6.07) is 5.56. The van der Waals surface area contributed by atoms with Crippen LogP contribution < -0.4 is 5.73 Å². The number of fused-ring (bicyclic) bond motifs is 1. The molecule has 1 atom stereocenters. The molecule has 80 valence electrons. The van der Waals surface area contributed by atoms with Gasteiger partial charge in [-0.2, -0.15) is 0 Å². The fourth-order valence-corrected chi connectivity index (χ4v) is 2.04. The summed E-state index contributed by atoms with van der Waals surface area (Å²) in [7, 11) is 0. The van der Waals surface area contributed by atoms with Gasteiger partial charge in [0.25, 0.3) is 0 Å². The molecule has 15 heavy (non-hydrogen) atoms. The minimum Gasteiger partial charge on any atom is -0.387 e. The van der Waals surface area contributed by atoms with Gasteiger partial charge in [-0.15, -0.1) is 0 Å². The van der Waals surface area contributed by atoms with Crippen LogP contribution in [0.2, 0.25) is 5.02 Å². The first-order valence-corrected chi connectivity index (χ1v) is 5.17. The van der Waals surface area contributed by atoms with E-state index in [-0.39, 0.29) is 6.54 Å². The fourth-order valence-electron chi connectivity index (χ4n) is 1.87. The number of halogens is 1. The molecule has 2 rings (SSSR count). The molecule has 3 nitrogen and oxygen atoms in total. The molecule has 1 aromatic heterocycles. The van der Waals surface area contributed by atoms with Crippen molar-refractivity contribution in [2.45, 2.75) is 13.0 Å². The van der Waals surface area contributed by atoms with E-state index < -0.39 is 6.10 Å². The molecule has 0 radical (unpaired) electrons. The van der Waals surface area contributed by atoms with Crippen LogP contribution in [-0.2, 0) is 0 Å². The molecule has 0 saturated heterocycles. The van der Waals surface area contributed by atoms with Crippen LogP contribution in [0.5, 0.6) is 0 Å². The maximum atomic E-state index is 9.80. The number of H-pyrrole nitrogens is 1. The number of aryl methyl sites for hydroxylation is 1. The van der Waals surface area contributed by atoms with Crippen LogP contribution in [0.15, 0.2) is 18.2 Å². The van der Waals surface area contributed by atoms with E-state index in [1.807, 2.05) is 25.1 Å². The van der Waals surface area contributed by atoms with Gasteiger partial charge in [-0.1, -0.05) is 11.6 Å². The van der Waals surface area contributed by atoms with Crippen LogP contribution in [0.25, 0.3) is 10.9 Å². The van der Waals surface area contributed by atoms with Crippen LogP contribution in [0, 0.1) is 6.92 Å². The highest BCUT2D eigenvalue weighted by atomic mass is 35.5. The number of hydrogen-bond donors (Lipinski definition) is 3. The molecule has 1 unspecified atom stereocenters. The molecule has 0 saturated carbocycles. The normalized spacial score (nSPS) is 13.3. The van der Waals surface area contributed by atoms with Crippen LogP contribution in [0.1, 0.15) is 17.4 Å². The van der Waals surface area contributed by atoms with Crippen molar-refractivity contribution in [3.8, 4) is 0 Å². The molecule has 2 aromatic rings. The second-order valence-corrected chi connectivity index (χ2v) is 4.04. The number of rotatable bonds is 2. The van der Waals surface area contributed by atoms with E-state index in [0.29, 0.717) is 5.02 Å². The predicted molar refractivity (Wildman–Crippen MR) is 62.1 cm³/mol. The lowest BCUT2D eigenvalue weighted by Crippen LogP contribution is -2.12. The molecular weight excluding hydrogens is 212 g/mol. The third-order valence-electron chi connectivity index (χ3n) is 2.55.